The zero-order valence-corrected chi connectivity index (χ0v) is 33.9. The topological polar surface area (TPSA) is 80.3 Å². The van der Waals surface area contributed by atoms with Crippen LogP contribution in [0.1, 0.15) is 75.5 Å². The normalized spacial score (nSPS) is 23.1. The van der Waals surface area contributed by atoms with Crippen molar-refractivity contribution in [1.82, 2.24) is 0 Å². The third-order valence-electron chi connectivity index (χ3n) is 11.3. The van der Waals surface area contributed by atoms with Crippen LogP contribution in [0.25, 0.3) is 0 Å². The van der Waals surface area contributed by atoms with Crippen molar-refractivity contribution in [3.63, 3.8) is 0 Å². The SMILES string of the molecule is CC[C@H]1C=CC(=O)O[C@H]1C=C[C@@]1(CCOC(c2ccccc2)(c2ccccc2)c2ccccc2)O[C@H](c2ccc(O[Si](C)(C)C(C)(C)C)cc2)O[C@@H]1CC=O. The molecule has 4 aromatic rings. The second-order valence-electron chi connectivity index (χ2n) is 15.9. The minimum Gasteiger partial charge on any atom is -0.544 e. The Kier molecular flexibility index (Phi) is 12.4. The molecule has 0 bridgehead atoms. The number of carbonyl (C=O) groups excluding carboxylic acids is 2. The van der Waals surface area contributed by atoms with Crippen LogP contribution in [0.5, 0.6) is 5.75 Å². The van der Waals surface area contributed by atoms with E-state index in [0.717, 1.165) is 40.7 Å². The zero-order valence-electron chi connectivity index (χ0n) is 32.9. The molecule has 2 aliphatic heterocycles. The average Bonchev–Trinajstić information content (AvgIpc) is 3.54. The highest BCUT2D eigenvalue weighted by Crippen LogP contribution is 2.46. The first-order chi connectivity index (χ1) is 26.4. The van der Waals surface area contributed by atoms with Crippen LogP contribution >= 0.6 is 0 Å². The van der Waals surface area contributed by atoms with Gasteiger partial charge in [0.2, 0.25) is 8.32 Å². The molecule has 0 unspecified atom stereocenters. The van der Waals surface area contributed by atoms with Gasteiger partial charge < -0.3 is 28.2 Å². The number of esters is 1. The number of aldehydes is 1. The summed E-state index contributed by atoms with van der Waals surface area (Å²) in [5.41, 5.74) is 1.69. The molecular weight excluding hydrogens is 705 g/mol. The summed E-state index contributed by atoms with van der Waals surface area (Å²) in [7, 11) is -2.05. The van der Waals surface area contributed by atoms with Gasteiger partial charge in [-0.15, -0.1) is 0 Å². The number of hydrogen-bond acceptors (Lipinski definition) is 7. The third kappa shape index (κ3) is 8.78. The van der Waals surface area contributed by atoms with Gasteiger partial charge in [0.05, 0.1) is 6.61 Å². The van der Waals surface area contributed by atoms with Gasteiger partial charge >= 0.3 is 5.97 Å². The molecular formula is C47H54O7Si. The van der Waals surface area contributed by atoms with Gasteiger partial charge in [0.25, 0.3) is 0 Å². The van der Waals surface area contributed by atoms with E-state index in [2.05, 4.69) is 77.2 Å². The molecule has 288 valence electrons. The fraction of sp³-hybridized carbons (Fsp3) is 0.362. The Bertz CT molecular complexity index is 1820. The maximum atomic E-state index is 12.4. The minimum absolute atomic E-state index is 0.000208. The van der Waals surface area contributed by atoms with Gasteiger partial charge in [-0.05, 0) is 59.5 Å². The summed E-state index contributed by atoms with van der Waals surface area (Å²) in [5, 5.41) is 0.0533. The lowest BCUT2D eigenvalue weighted by Gasteiger charge is -2.38. The zero-order chi connectivity index (χ0) is 39.1. The van der Waals surface area contributed by atoms with Crippen molar-refractivity contribution >= 4 is 20.6 Å². The molecule has 0 saturated carbocycles. The van der Waals surface area contributed by atoms with E-state index in [-0.39, 0.29) is 30.0 Å². The highest BCUT2D eigenvalue weighted by atomic mass is 28.4. The standard InChI is InChI=1S/C47H54O7Si/c1-7-35-25-28-43(49)51-41(35)29-31-46(42(30-33-48)52-44(53-46)36-23-26-40(27-24-36)54-55(5,6)45(2,3)4)32-34-50-47(37-17-11-8-12-18-37,38-19-13-9-14-20-38)39-21-15-10-16-22-39/h8-29,31,33,35,41-42,44H,7,30,32,34H2,1-6H3/t35-,41-,42+,44+,46-/m0/s1. The van der Waals surface area contributed by atoms with Crippen LogP contribution in [0, 0.1) is 5.92 Å². The Labute approximate surface area is 327 Å². The van der Waals surface area contributed by atoms with Crippen molar-refractivity contribution < 1.29 is 33.0 Å². The van der Waals surface area contributed by atoms with Gasteiger partial charge in [0, 0.05) is 30.4 Å². The number of rotatable bonds is 15. The van der Waals surface area contributed by atoms with Gasteiger partial charge in [-0.2, -0.15) is 0 Å². The molecule has 5 atom stereocenters. The third-order valence-corrected chi connectivity index (χ3v) is 15.7. The predicted molar refractivity (Wildman–Crippen MR) is 218 cm³/mol. The number of hydrogen-bond donors (Lipinski definition) is 0. The van der Waals surface area contributed by atoms with Crippen LogP contribution in [0.2, 0.25) is 18.1 Å². The fourth-order valence-corrected chi connectivity index (χ4v) is 8.19. The summed E-state index contributed by atoms with van der Waals surface area (Å²) in [5.74, 6) is 0.412. The van der Waals surface area contributed by atoms with E-state index in [0.29, 0.717) is 6.42 Å². The molecule has 8 heteroatoms. The van der Waals surface area contributed by atoms with Crippen LogP contribution in [-0.2, 0) is 34.1 Å². The van der Waals surface area contributed by atoms with E-state index in [4.69, 9.17) is 23.4 Å². The molecule has 2 heterocycles. The number of benzene rings is 4. The lowest BCUT2D eigenvalue weighted by atomic mass is 9.80. The first-order valence-corrected chi connectivity index (χ1v) is 22.3. The average molecular weight is 759 g/mol. The minimum atomic E-state index is -2.05. The highest BCUT2D eigenvalue weighted by molar-refractivity contribution is 6.74. The van der Waals surface area contributed by atoms with Crippen molar-refractivity contribution in [3.05, 3.63) is 162 Å². The number of carbonyl (C=O) groups is 2. The van der Waals surface area contributed by atoms with Gasteiger partial charge in [-0.3, -0.25) is 0 Å². The summed E-state index contributed by atoms with van der Waals surface area (Å²) >= 11 is 0. The van der Waals surface area contributed by atoms with Crippen molar-refractivity contribution in [2.45, 2.75) is 94.8 Å². The van der Waals surface area contributed by atoms with E-state index < -0.39 is 38.0 Å². The molecule has 0 aliphatic carbocycles. The number of ether oxygens (including phenoxy) is 4. The van der Waals surface area contributed by atoms with E-state index in [9.17, 15) is 9.59 Å². The van der Waals surface area contributed by atoms with E-state index in [1.54, 1.807) is 0 Å². The van der Waals surface area contributed by atoms with Crippen molar-refractivity contribution in [3.8, 4) is 5.75 Å². The molecule has 1 saturated heterocycles. The summed E-state index contributed by atoms with van der Waals surface area (Å²) in [6.07, 6.45) is 7.39. The first-order valence-electron chi connectivity index (χ1n) is 19.4. The fourth-order valence-electron chi connectivity index (χ4n) is 7.16. The molecule has 55 heavy (non-hydrogen) atoms. The second-order valence-corrected chi connectivity index (χ2v) is 20.7. The van der Waals surface area contributed by atoms with Crippen LogP contribution in [0.15, 0.2) is 140 Å². The second kappa shape index (κ2) is 17.0. The van der Waals surface area contributed by atoms with Gasteiger partial charge in [0.15, 0.2) is 6.29 Å². The van der Waals surface area contributed by atoms with Crippen LogP contribution in [0.4, 0.5) is 0 Å². The van der Waals surface area contributed by atoms with E-state index in [1.165, 1.54) is 6.08 Å². The van der Waals surface area contributed by atoms with Crippen LogP contribution < -0.4 is 4.43 Å². The molecule has 7 nitrogen and oxygen atoms in total. The lowest BCUT2D eigenvalue weighted by molar-refractivity contribution is -0.143. The van der Waals surface area contributed by atoms with Gasteiger partial charge in [-0.1, -0.05) is 143 Å². The first kappa shape index (κ1) is 40.1. The summed E-state index contributed by atoms with van der Waals surface area (Å²) in [6.45, 7) is 13.4. The maximum Gasteiger partial charge on any atom is 0.331 e. The molecule has 0 aromatic heterocycles. The monoisotopic (exact) mass is 758 g/mol. The summed E-state index contributed by atoms with van der Waals surface area (Å²) < 4.78 is 33.2. The van der Waals surface area contributed by atoms with Crippen molar-refractivity contribution in [2.24, 2.45) is 5.92 Å². The largest absolute Gasteiger partial charge is 0.544 e. The van der Waals surface area contributed by atoms with Gasteiger partial charge in [0.1, 0.15) is 35.4 Å². The lowest BCUT2D eigenvalue weighted by Crippen LogP contribution is -2.43. The molecule has 6 rings (SSSR count). The molecule has 0 amide bonds. The Hall–Kier alpha value is -4.60. The summed E-state index contributed by atoms with van der Waals surface area (Å²) in [6, 6.07) is 38.5. The highest BCUT2D eigenvalue weighted by Gasteiger charge is 2.49. The Balaban J connectivity index is 1.37. The molecule has 0 N–H and O–H groups in total. The van der Waals surface area contributed by atoms with E-state index in [1.807, 2.05) is 97.1 Å². The smallest absolute Gasteiger partial charge is 0.331 e. The van der Waals surface area contributed by atoms with E-state index >= 15 is 0 Å². The quantitative estimate of drug-likeness (QED) is 0.0393. The molecule has 0 radical (unpaired) electrons. The summed E-state index contributed by atoms with van der Waals surface area (Å²) in [4.78, 5) is 24.7. The van der Waals surface area contributed by atoms with Crippen LogP contribution in [0.3, 0.4) is 0 Å². The Morgan fingerprint density at radius 2 is 1.38 bits per heavy atom. The van der Waals surface area contributed by atoms with Crippen molar-refractivity contribution in [2.75, 3.05) is 6.61 Å². The Morgan fingerprint density at radius 1 is 0.818 bits per heavy atom. The Morgan fingerprint density at radius 3 is 1.89 bits per heavy atom. The molecule has 2 aliphatic rings. The maximum absolute atomic E-state index is 12.4. The van der Waals surface area contributed by atoms with Gasteiger partial charge in [-0.25, -0.2) is 4.79 Å². The molecule has 1 fully saturated rings. The predicted octanol–water partition coefficient (Wildman–Crippen LogP) is 10.3. The molecule has 0 spiro atoms. The van der Waals surface area contributed by atoms with Crippen LogP contribution in [-0.4, -0.2) is 45.0 Å². The molecule has 4 aromatic carbocycles. The number of cyclic esters (lactones) is 1. The van der Waals surface area contributed by atoms with Crippen molar-refractivity contribution in [1.29, 1.82) is 0 Å².